The van der Waals surface area contributed by atoms with E-state index in [1.807, 2.05) is 6.07 Å². The second-order valence-electron chi connectivity index (χ2n) is 12.5. The lowest BCUT2D eigenvalue weighted by atomic mass is 9.67. The van der Waals surface area contributed by atoms with Gasteiger partial charge in [-0.15, -0.1) is 0 Å². The molecule has 2 amide bonds. The summed E-state index contributed by atoms with van der Waals surface area (Å²) in [4.78, 5) is 29.0. The lowest BCUT2D eigenvalue weighted by Gasteiger charge is -2.47. The minimum Gasteiger partial charge on any atom is -0.380 e. The van der Waals surface area contributed by atoms with Crippen LogP contribution in [0.3, 0.4) is 0 Å². The van der Waals surface area contributed by atoms with Gasteiger partial charge in [-0.25, -0.2) is 4.39 Å². The fraction of sp³-hybridized carbons (Fsp3) is 0.576. The molecule has 1 atom stereocenters. The molecule has 7 heteroatoms. The Balaban J connectivity index is 1.22. The van der Waals surface area contributed by atoms with Gasteiger partial charge in [0, 0.05) is 43.3 Å². The molecule has 40 heavy (non-hydrogen) atoms. The SMILES string of the molecule is O=C(c1ccc(C2Cc3ccccc3NC23CCCCCCCCC3)cc1F)N1CCN(C(=O)C2(O)CC2)CC1. The first-order valence-electron chi connectivity index (χ1n) is 15.4. The molecule has 0 radical (unpaired) electrons. The van der Waals surface area contributed by atoms with Crippen molar-refractivity contribution in [2.75, 3.05) is 31.5 Å². The van der Waals surface area contributed by atoms with Crippen LogP contribution in [0.2, 0.25) is 0 Å². The van der Waals surface area contributed by atoms with Gasteiger partial charge in [-0.3, -0.25) is 9.59 Å². The summed E-state index contributed by atoms with van der Waals surface area (Å²) in [6.07, 6.45) is 12.7. The number of amides is 2. The fourth-order valence-corrected chi connectivity index (χ4v) is 7.22. The molecule has 3 fully saturated rings. The summed E-state index contributed by atoms with van der Waals surface area (Å²) in [5.74, 6) is -0.917. The van der Waals surface area contributed by atoms with Crippen LogP contribution in [0, 0.1) is 5.82 Å². The summed E-state index contributed by atoms with van der Waals surface area (Å²) in [7, 11) is 0. The van der Waals surface area contributed by atoms with Crippen LogP contribution < -0.4 is 5.32 Å². The number of fused-ring (bicyclic) bond motifs is 1. The topological polar surface area (TPSA) is 72.9 Å². The number of rotatable bonds is 3. The van der Waals surface area contributed by atoms with E-state index in [4.69, 9.17) is 0 Å². The van der Waals surface area contributed by atoms with Crippen LogP contribution >= 0.6 is 0 Å². The van der Waals surface area contributed by atoms with Crippen molar-refractivity contribution < 1.29 is 19.1 Å². The number of anilines is 1. The molecule has 2 aromatic rings. The number of benzene rings is 2. The third-order valence-electron chi connectivity index (χ3n) is 9.84. The molecule has 0 bridgehead atoms. The van der Waals surface area contributed by atoms with Crippen LogP contribution in [0.25, 0.3) is 0 Å². The summed E-state index contributed by atoms with van der Waals surface area (Å²) in [5, 5.41) is 14.1. The average molecular weight is 548 g/mol. The van der Waals surface area contributed by atoms with E-state index in [1.165, 1.54) is 43.4 Å². The van der Waals surface area contributed by atoms with E-state index in [1.54, 1.807) is 21.9 Å². The predicted molar refractivity (Wildman–Crippen MR) is 154 cm³/mol. The Morgan fingerprint density at radius 2 is 1.45 bits per heavy atom. The number of carbonyl (C=O) groups is 2. The van der Waals surface area contributed by atoms with E-state index in [2.05, 4.69) is 29.6 Å². The maximum absolute atomic E-state index is 15.7. The average Bonchev–Trinajstić information content (AvgIpc) is 3.73. The van der Waals surface area contributed by atoms with E-state index in [9.17, 15) is 14.7 Å². The van der Waals surface area contributed by atoms with Crippen LogP contribution in [-0.4, -0.2) is 64.0 Å². The van der Waals surface area contributed by atoms with E-state index < -0.39 is 11.4 Å². The first-order valence-corrected chi connectivity index (χ1v) is 15.4. The Morgan fingerprint density at radius 3 is 2.10 bits per heavy atom. The van der Waals surface area contributed by atoms with Crippen molar-refractivity contribution in [3.05, 3.63) is 65.0 Å². The fourth-order valence-electron chi connectivity index (χ4n) is 7.22. The first-order chi connectivity index (χ1) is 19.4. The molecule has 4 aliphatic rings. The normalized spacial score (nSPS) is 24.1. The summed E-state index contributed by atoms with van der Waals surface area (Å²) in [5.41, 5.74) is 2.19. The van der Waals surface area contributed by atoms with Gasteiger partial charge in [-0.05, 0) is 61.4 Å². The monoisotopic (exact) mass is 547 g/mol. The van der Waals surface area contributed by atoms with E-state index >= 15 is 4.39 Å². The Kier molecular flexibility index (Phi) is 7.60. The standard InChI is InChI=1S/C33H42FN3O3/c34-28-23-24(12-13-26(28)30(38)36-18-20-37(21-19-36)31(39)33(40)16-17-33)27-22-25-10-6-7-11-29(25)35-32(27)14-8-4-2-1-3-5-9-15-32/h6-7,10-13,23,27,35,40H,1-5,8-9,14-22H2. The number of halogens is 1. The molecule has 2 aromatic carbocycles. The minimum absolute atomic E-state index is 0.0912. The zero-order valence-electron chi connectivity index (χ0n) is 23.5. The van der Waals surface area contributed by atoms with E-state index in [-0.39, 0.29) is 28.8 Å². The molecular formula is C33H42FN3O3. The van der Waals surface area contributed by atoms with Crippen molar-refractivity contribution in [2.45, 2.75) is 94.1 Å². The van der Waals surface area contributed by atoms with E-state index in [0.717, 1.165) is 37.7 Å². The molecule has 2 aliphatic carbocycles. The molecule has 2 heterocycles. The lowest BCUT2D eigenvalue weighted by Crippen LogP contribution is -2.53. The Hall–Kier alpha value is -2.93. The molecule has 214 valence electrons. The van der Waals surface area contributed by atoms with Gasteiger partial charge < -0.3 is 20.2 Å². The summed E-state index contributed by atoms with van der Waals surface area (Å²) < 4.78 is 15.7. The van der Waals surface area contributed by atoms with Crippen LogP contribution in [-0.2, 0) is 11.2 Å². The number of hydrogen-bond acceptors (Lipinski definition) is 4. The second-order valence-corrected chi connectivity index (χ2v) is 12.5. The molecule has 6 rings (SSSR count). The van der Waals surface area contributed by atoms with Crippen molar-refractivity contribution in [3.63, 3.8) is 0 Å². The summed E-state index contributed by atoms with van der Waals surface area (Å²) >= 11 is 0. The largest absolute Gasteiger partial charge is 0.380 e. The van der Waals surface area contributed by atoms with Crippen molar-refractivity contribution >= 4 is 17.5 Å². The Morgan fingerprint density at radius 1 is 0.825 bits per heavy atom. The summed E-state index contributed by atoms with van der Waals surface area (Å²) in [6.45, 7) is 1.41. The zero-order chi connectivity index (χ0) is 27.7. The maximum atomic E-state index is 15.7. The van der Waals surface area contributed by atoms with Gasteiger partial charge >= 0.3 is 0 Å². The van der Waals surface area contributed by atoms with Crippen molar-refractivity contribution in [1.82, 2.24) is 9.80 Å². The van der Waals surface area contributed by atoms with Gasteiger partial charge in [0.2, 0.25) is 0 Å². The van der Waals surface area contributed by atoms with E-state index in [0.29, 0.717) is 39.0 Å². The molecule has 1 spiro atoms. The summed E-state index contributed by atoms with van der Waals surface area (Å²) in [6, 6.07) is 13.8. The number of nitrogens with one attached hydrogen (secondary N) is 1. The molecule has 0 aromatic heterocycles. The number of para-hydroxylation sites is 1. The highest BCUT2D eigenvalue weighted by molar-refractivity contribution is 5.95. The van der Waals surface area contributed by atoms with Crippen molar-refractivity contribution in [1.29, 1.82) is 0 Å². The van der Waals surface area contributed by atoms with Crippen LogP contribution in [0.5, 0.6) is 0 Å². The smallest absolute Gasteiger partial charge is 0.256 e. The molecule has 6 nitrogen and oxygen atoms in total. The van der Waals surface area contributed by atoms with Crippen LogP contribution in [0.4, 0.5) is 10.1 Å². The van der Waals surface area contributed by atoms with Crippen LogP contribution in [0.1, 0.15) is 98.0 Å². The lowest BCUT2D eigenvalue weighted by molar-refractivity contribution is -0.143. The number of piperazine rings is 1. The van der Waals surface area contributed by atoms with Gasteiger partial charge in [-0.1, -0.05) is 69.2 Å². The number of nitrogens with zero attached hydrogens (tertiary/aromatic N) is 2. The quantitative estimate of drug-likeness (QED) is 0.521. The molecule has 2 saturated carbocycles. The Bertz CT molecular complexity index is 1240. The number of aliphatic hydroxyl groups is 1. The highest BCUT2D eigenvalue weighted by atomic mass is 19.1. The Labute approximate surface area is 236 Å². The first kappa shape index (κ1) is 27.3. The number of hydrogen-bond donors (Lipinski definition) is 2. The zero-order valence-corrected chi connectivity index (χ0v) is 23.5. The van der Waals surface area contributed by atoms with Crippen molar-refractivity contribution in [2.24, 2.45) is 0 Å². The van der Waals surface area contributed by atoms with Gasteiger partial charge in [0.25, 0.3) is 11.8 Å². The third-order valence-corrected chi connectivity index (χ3v) is 9.84. The maximum Gasteiger partial charge on any atom is 0.256 e. The molecule has 2 aliphatic heterocycles. The van der Waals surface area contributed by atoms with Gasteiger partial charge in [0.15, 0.2) is 0 Å². The molecule has 1 unspecified atom stereocenters. The highest BCUT2D eigenvalue weighted by Gasteiger charge is 2.50. The predicted octanol–water partition coefficient (Wildman–Crippen LogP) is 5.65. The van der Waals surface area contributed by atoms with Gasteiger partial charge in [0.1, 0.15) is 11.4 Å². The van der Waals surface area contributed by atoms with Crippen molar-refractivity contribution in [3.8, 4) is 0 Å². The number of carbonyl (C=O) groups excluding carboxylic acids is 2. The molecule has 2 N–H and O–H groups in total. The molecular weight excluding hydrogens is 505 g/mol. The highest BCUT2D eigenvalue weighted by Crippen LogP contribution is 2.47. The molecule has 1 saturated heterocycles. The van der Waals surface area contributed by atoms with Gasteiger partial charge in [-0.2, -0.15) is 0 Å². The third kappa shape index (κ3) is 5.37. The van der Waals surface area contributed by atoms with Crippen LogP contribution in [0.15, 0.2) is 42.5 Å². The minimum atomic E-state index is -1.20. The second kappa shape index (κ2) is 11.2. The van der Waals surface area contributed by atoms with Gasteiger partial charge in [0.05, 0.1) is 5.56 Å².